The third-order valence-electron chi connectivity index (χ3n) is 5.93. The maximum Gasteiger partial charge on any atom is 0.278 e. The van der Waals surface area contributed by atoms with Crippen molar-refractivity contribution in [2.24, 2.45) is 0 Å². The Kier molecular flexibility index (Phi) is 6.00. The number of imide groups is 1. The van der Waals surface area contributed by atoms with Crippen LogP contribution in [0.25, 0.3) is 5.57 Å². The quantitative estimate of drug-likeness (QED) is 0.392. The van der Waals surface area contributed by atoms with Gasteiger partial charge in [0.05, 0.1) is 17.0 Å². The Labute approximate surface area is 184 Å². The molecule has 0 bridgehead atoms. The summed E-state index contributed by atoms with van der Waals surface area (Å²) in [7, 11) is 0. The molecule has 0 atom stereocenters. The lowest BCUT2D eigenvalue weighted by Gasteiger charge is -2.36. The summed E-state index contributed by atoms with van der Waals surface area (Å²) in [6.45, 7) is 5.44. The molecule has 2 heterocycles. The van der Waals surface area contributed by atoms with Gasteiger partial charge in [-0.2, -0.15) is 0 Å². The number of hydrogen-bond donors (Lipinski definition) is 0. The molecule has 0 aromatic heterocycles. The van der Waals surface area contributed by atoms with Gasteiger partial charge in [-0.15, -0.1) is 0 Å². The summed E-state index contributed by atoms with van der Waals surface area (Å²) in [4.78, 5) is 42.5. The lowest BCUT2D eigenvalue weighted by Crippen LogP contribution is -2.47. The summed E-state index contributed by atoms with van der Waals surface area (Å²) < 4.78 is 14.2. The lowest BCUT2D eigenvalue weighted by molar-refractivity contribution is -0.384. The van der Waals surface area contributed by atoms with E-state index in [9.17, 15) is 24.1 Å². The molecule has 1 fully saturated rings. The molecule has 1 saturated heterocycles. The predicted molar refractivity (Wildman–Crippen MR) is 116 cm³/mol. The maximum absolute atomic E-state index is 14.2. The zero-order valence-electron chi connectivity index (χ0n) is 17.7. The maximum atomic E-state index is 14.2. The highest BCUT2D eigenvalue weighted by Gasteiger charge is 2.42. The first kappa shape index (κ1) is 21.6. The van der Waals surface area contributed by atoms with E-state index in [-0.39, 0.29) is 29.1 Å². The Bertz CT molecular complexity index is 1090. The van der Waals surface area contributed by atoms with Crippen LogP contribution in [0.5, 0.6) is 0 Å². The van der Waals surface area contributed by atoms with Crippen LogP contribution < -0.4 is 0 Å². The van der Waals surface area contributed by atoms with Gasteiger partial charge in [-0.05, 0) is 30.3 Å². The number of halogens is 1. The number of nitro groups is 1. The van der Waals surface area contributed by atoms with Gasteiger partial charge in [0.2, 0.25) is 0 Å². The van der Waals surface area contributed by atoms with Crippen LogP contribution in [0, 0.1) is 15.9 Å². The van der Waals surface area contributed by atoms with Crippen LogP contribution in [0.3, 0.4) is 0 Å². The molecule has 9 heteroatoms. The van der Waals surface area contributed by atoms with E-state index in [1.807, 2.05) is 4.90 Å². The Morgan fingerprint density at radius 3 is 2.22 bits per heavy atom. The first-order chi connectivity index (χ1) is 15.4. The van der Waals surface area contributed by atoms with Crippen LogP contribution >= 0.6 is 0 Å². The van der Waals surface area contributed by atoms with E-state index in [0.717, 1.165) is 24.5 Å². The Morgan fingerprint density at radius 1 is 0.969 bits per heavy atom. The van der Waals surface area contributed by atoms with Gasteiger partial charge in [0.15, 0.2) is 0 Å². The van der Waals surface area contributed by atoms with Crippen molar-refractivity contribution in [1.82, 2.24) is 14.7 Å². The van der Waals surface area contributed by atoms with E-state index in [2.05, 4.69) is 11.8 Å². The number of nitrogens with zero attached hydrogens (tertiary/aromatic N) is 4. The van der Waals surface area contributed by atoms with Gasteiger partial charge in [0, 0.05) is 43.9 Å². The lowest BCUT2D eigenvalue weighted by atomic mass is 10.0. The summed E-state index contributed by atoms with van der Waals surface area (Å²) in [6, 6.07) is 11.6. The summed E-state index contributed by atoms with van der Waals surface area (Å²) in [5.74, 6) is -1.49. The van der Waals surface area contributed by atoms with Crippen LogP contribution in [-0.2, 0) is 16.1 Å². The first-order valence-electron chi connectivity index (χ1n) is 10.5. The second-order valence-electron chi connectivity index (χ2n) is 7.74. The fourth-order valence-electron chi connectivity index (χ4n) is 4.09. The molecule has 2 aliphatic rings. The molecular formula is C23H23FN4O4. The molecule has 0 saturated carbocycles. The number of nitro benzene ring substituents is 1. The molecule has 2 aromatic carbocycles. The van der Waals surface area contributed by atoms with E-state index >= 15 is 0 Å². The first-order valence-corrected chi connectivity index (χ1v) is 10.5. The van der Waals surface area contributed by atoms with Crippen LogP contribution in [0.1, 0.15) is 18.1 Å². The van der Waals surface area contributed by atoms with E-state index in [4.69, 9.17) is 0 Å². The number of carbonyl (C=O) groups is 2. The predicted octanol–water partition coefficient (Wildman–Crippen LogP) is 2.65. The van der Waals surface area contributed by atoms with Gasteiger partial charge < -0.3 is 9.80 Å². The molecule has 2 aliphatic heterocycles. The van der Waals surface area contributed by atoms with Crippen molar-refractivity contribution in [3.8, 4) is 0 Å². The molecule has 32 heavy (non-hydrogen) atoms. The van der Waals surface area contributed by atoms with E-state index in [0.29, 0.717) is 18.7 Å². The molecule has 166 valence electrons. The topological polar surface area (TPSA) is 87.0 Å². The number of benzene rings is 2. The van der Waals surface area contributed by atoms with Crippen LogP contribution in [-0.4, -0.2) is 64.2 Å². The van der Waals surface area contributed by atoms with Gasteiger partial charge in [0.25, 0.3) is 17.5 Å². The van der Waals surface area contributed by atoms with E-state index < -0.39 is 22.6 Å². The minimum atomic E-state index is -0.528. The number of rotatable bonds is 6. The molecule has 2 aromatic rings. The Morgan fingerprint density at radius 2 is 1.62 bits per heavy atom. The van der Waals surface area contributed by atoms with Gasteiger partial charge in [-0.3, -0.25) is 24.6 Å². The highest BCUT2D eigenvalue weighted by atomic mass is 19.1. The molecule has 0 aliphatic carbocycles. The minimum Gasteiger partial charge on any atom is -0.364 e. The van der Waals surface area contributed by atoms with Crippen molar-refractivity contribution >= 4 is 23.1 Å². The number of amides is 2. The molecule has 0 spiro atoms. The van der Waals surface area contributed by atoms with Crippen molar-refractivity contribution in [3.05, 3.63) is 81.3 Å². The number of likely N-dealkylation sites (N-methyl/N-ethyl adjacent to an activating group) is 1. The minimum absolute atomic E-state index is 0.104. The van der Waals surface area contributed by atoms with Crippen molar-refractivity contribution in [2.45, 2.75) is 13.5 Å². The number of carbonyl (C=O) groups excluding carboxylic acids is 2. The molecule has 4 rings (SSSR count). The summed E-state index contributed by atoms with van der Waals surface area (Å²) >= 11 is 0. The second-order valence-corrected chi connectivity index (χ2v) is 7.74. The highest BCUT2D eigenvalue weighted by Crippen LogP contribution is 2.34. The molecule has 8 nitrogen and oxygen atoms in total. The average Bonchev–Trinajstić information content (AvgIpc) is 3.05. The number of hydrogen-bond acceptors (Lipinski definition) is 6. The highest BCUT2D eigenvalue weighted by molar-refractivity contribution is 6.35. The summed E-state index contributed by atoms with van der Waals surface area (Å²) in [6.07, 6.45) is 0. The molecule has 2 amide bonds. The average molecular weight is 438 g/mol. The van der Waals surface area contributed by atoms with Gasteiger partial charge >= 0.3 is 0 Å². The van der Waals surface area contributed by atoms with Crippen molar-refractivity contribution in [3.63, 3.8) is 0 Å². The van der Waals surface area contributed by atoms with Crippen LogP contribution in [0.15, 0.2) is 54.2 Å². The monoisotopic (exact) mass is 438 g/mol. The van der Waals surface area contributed by atoms with Crippen LogP contribution in [0.2, 0.25) is 0 Å². The van der Waals surface area contributed by atoms with Crippen molar-refractivity contribution < 1.29 is 18.9 Å². The van der Waals surface area contributed by atoms with Gasteiger partial charge in [-0.1, -0.05) is 25.1 Å². The number of non-ortho nitro benzene ring substituents is 1. The van der Waals surface area contributed by atoms with Crippen molar-refractivity contribution in [1.29, 1.82) is 0 Å². The zero-order valence-corrected chi connectivity index (χ0v) is 17.7. The van der Waals surface area contributed by atoms with Gasteiger partial charge in [0.1, 0.15) is 11.5 Å². The Hall–Kier alpha value is -3.59. The second kappa shape index (κ2) is 8.88. The smallest absolute Gasteiger partial charge is 0.278 e. The fourth-order valence-corrected chi connectivity index (χ4v) is 4.09. The standard InChI is InChI=1S/C23H23FN4O4/c1-2-25-11-13-26(14-12-25)21-20(16-7-9-18(10-8-16)28(31)32)22(29)27(23(21)30)15-17-5-3-4-6-19(17)24/h3-10H,2,11-15H2,1H3. The largest absolute Gasteiger partial charge is 0.364 e. The van der Waals surface area contributed by atoms with Gasteiger partial charge in [-0.25, -0.2) is 4.39 Å². The summed E-state index contributed by atoms with van der Waals surface area (Å²) in [5.41, 5.74) is 1.04. The summed E-state index contributed by atoms with van der Waals surface area (Å²) in [5, 5.41) is 11.0. The van der Waals surface area contributed by atoms with Crippen molar-refractivity contribution in [2.75, 3.05) is 32.7 Å². The van der Waals surface area contributed by atoms with Crippen LogP contribution in [0.4, 0.5) is 10.1 Å². The molecule has 0 radical (unpaired) electrons. The van der Waals surface area contributed by atoms with E-state index in [1.165, 1.54) is 30.3 Å². The normalized spacial score (nSPS) is 17.4. The number of piperazine rings is 1. The molecule has 0 N–H and O–H groups in total. The zero-order chi connectivity index (χ0) is 22.8. The molecule has 0 unspecified atom stereocenters. The molecular weight excluding hydrogens is 415 g/mol. The third-order valence-corrected chi connectivity index (χ3v) is 5.93. The fraction of sp³-hybridized carbons (Fsp3) is 0.304. The SMILES string of the molecule is CCN1CCN(C2=C(c3ccc([N+](=O)[O-])cc3)C(=O)N(Cc3ccccc3F)C2=O)CC1. The third kappa shape index (κ3) is 3.99. The Balaban J connectivity index is 1.72. The van der Waals surface area contributed by atoms with E-state index in [1.54, 1.807) is 18.2 Å².